The number of nitrogens with one attached hydrogen (secondary N) is 1. The molecule has 2 aromatic rings. The number of Topliss-reactive ketones (excluding diaryl/α,β-unsaturated/α-hetero) is 1. The molecule has 270 valence electrons. The number of rotatable bonds is 25. The number of hydrogen-bond donors (Lipinski definition) is 3. The van der Waals surface area contributed by atoms with Crippen molar-refractivity contribution in [2.45, 2.75) is 122 Å². The Balaban J connectivity index is 2.04. The summed E-state index contributed by atoms with van der Waals surface area (Å²) in [5, 5.41) is 23.9. The molecule has 3 N–H and O–H groups in total. The van der Waals surface area contributed by atoms with Gasteiger partial charge in [-0.2, -0.15) is 0 Å². The van der Waals surface area contributed by atoms with Gasteiger partial charge in [-0.3, -0.25) is 9.59 Å². The first-order valence-electron chi connectivity index (χ1n) is 17.8. The molecule has 0 aromatic heterocycles. The summed E-state index contributed by atoms with van der Waals surface area (Å²) in [6.07, 6.45) is 14.4. The molecule has 9 nitrogen and oxygen atoms in total. The van der Waals surface area contributed by atoms with Crippen LogP contribution in [0.2, 0.25) is 0 Å². The van der Waals surface area contributed by atoms with Crippen molar-refractivity contribution in [3.05, 3.63) is 66.2 Å². The molecule has 0 unspecified atom stereocenters. The Kier molecular flexibility index (Phi) is 19.0. The maximum atomic E-state index is 13.6. The van der Waals surface area contributed by atoms with E-state index >= 15 is 0 Å². The van der Waals surface area contributed by atoms with Crippen LogP contribution in [0.3, 0.4) is 0 Å². The number of ether oxygens (including phenoxy) is 2. The van der Waals surface area contributed by atoms with E-state index in [1.165, 1.54) is 32.4 Å². The van der Waals surface area contributed by atoms with Crippen LogP contribution >= 0.6 is 0 Å². The molecular formula is C40H57NO8. The number of methoxy groups -OCH3 is 2. The molecule has 3 atom stereocenters. The van der Waals surface area contributed by atoms with Gasteiger partial charge < -0.3 is 25.0 Å². The number of aliphatic hydroxyl groups is 1. The smallest absolute Gasteiger partial charge is 0.336 e. The number of aliphatic carboxylic acids is 1. The van der Waals surface area contributed by atoms with Crippen LogP contribution in [0.5, 0.6) is 5.75 Å². The van der Waals surface area contributed by atoms with Crippen LogP contribution < -0.4 is 10.1 Å². The third-order valence-corrected chi connectivity index (χ3v) is 8.86. The Morgan fingerprint density at radius 1 is 0.837 bits per heavy atom. The van der Waals surface area contributed by atoms with Crippen LogP contribution in [-0.4, -0.2) is 59.7 Å². The highest BCUT2D eigenvalue weighted by Gasteiger charge is 2.46. The van der Waals surface area contributed by atoms with Gasteiger partial charge >= 0.3 is 11.9 Å². The van der Waals surface area contributed by atoms with Gasteiger partial charge in [-0.25, -0.2) is 9.59 Å². The molecule has 9 heteroatoms. The molecule has 0 aliphatic rings. The summed E-state index contributed by atoms with van der Waals surface area (Å²) in [5.41, 5.74) is 0.302. The normalized spacial score (nSPS) is 13.7. The van der Waals surface area contributed by atoms with Crippen molar-refractivity contribution in [1.82, 2.24) is 5.32 Å². The van der Waals surface area contributed by atoms with Gasteiger partial charge in [0.05, 0.1) is 20.1 Å². The van der Waals surface area contributed by atoms with Crippen molar-refractivity contribution < 1.29 is 38.9 Å². The van der Waals surface area contributed by atoms with Crippen LogP contribution in [0.1, 0.15) is 109 Å². The second-order valence-electron chi connectivity index (χ2n) is 12.8. The lowest BCUT2D eigenvalue weighted by molar-refractivity contribution is -0.167. The zero-order chi connectivity index (χ0) is 36.1. The van der Waals surface area contributed by atoms with Gasteiger partial charge in [0, 0.05) is 19.3 Å². The van der Waals surface area contributed by atoms with Crippen molar-refractivity contribution in [3.8, 4) is 16.9 Å². The molecule has 0 saturated heterocycles. The van der Waals surface area contributed by atoms with Gasteiger partial charge in [0.2, 0.25) is 5.91 Å². The van der Waals surface area contributed by atoms with Gasteiger partial charge in [0.1, 0.15) is 17.6 Å². The molecule has 0 bridgehead atoms. The number of amides is 1. The monoisotopic (exact) mass is 679 g/mol. The Morgan fingerprint density at radius 2 is 1.49 bits per heavy atom. The zero-order valence-electron chi connectivity index (χ0n) is 29.9. The summed E-state index contributed by atoms with van der Waals surface area (Å²) < 4.78 is 10.3. The number of esters is 1. The summed E-state index contributed by atoms with van der Waals surface area (Å²) in [6, 6.07) is 14.0. The Labute approximate surface area is 292 Å². The SMILES string of the molecule is CCCCCCCC(=O)CCCCCC/C=C/[C@H](C(=O)N[C@@H](Cc1ccc(-c2cccc(OC)c2)cc1)C(=O)OC)[C@@](O)(CCC)C(=O)O. The van der Waals surface area contributed by atoms with Gasteiger partial charge in [-0.1, -0.05) is 107 Å². The van der Waals surface area contributed by atoms with Gasteiger partial charge in [-0.15, -0.1) is 0 Å². The largest absolute Gasteiger partial charge is 0.497 e. The van der Waals surface area contributed by atoms with E-state index in [1.807, 2.05) is 48.5 Å². The molecule has 2 rings (SSSR count). The van der Waals surface area contributed by atoms with Crippen molar-refractivity contribution in [3.63, 3.8) is 0 Å². The summed E-state index contributed by atoms with van der Waals surface area (Å²) in [4.78, 5) is 50.9. The molecule has 0 aliphatic carbocycles. The Hall–Kier alpha value is -3.98. The highest BCUT2D eigenvalue weighted by molar-refractivity contribution is 5.92. The highest BCUT2D eigenvalue weighted by atomic mass is 16.5. The van der Waals surface area contributed by atoms with E-state index in [0.717, 1.165) is 61.0 Å². The minimum Gasteiger partial charge on any atom is -0.497 e. The topological polar surface area (TPSA) is 139 Å². The molecule has 0 aliphatic heterocycles. The number of unbranched alkanes of at least 4 members (excludes halogenated alkanes) is 8. The molecule has 0 heterocycles. The van der Waals surface area contributed by atoms with Crippen molar-refractivity contribution in [1.29, 1.82) is 0 Å². The Morgan fingerprint density at radius 3 is 2.08 bits per heavy atom. The van der Waals surface area contributed by atoms with Crippen molar-refractivity contribution >= 4 is 23.6 Å². The number of allylic oxidation sites excluding steroid dienone is 1. The minimum absolute atomic E-state index is 0.105. The molecular weight excluding hydrogens is 622 g/mol. The van der Waals surface area contributed by atoms with E-state index < -0.39 is 35.4 Å². The lowest BCUT2D eigenvalue weighted by atomic mass is 9.82. The van der Waals surface area contributed by atoms with Crippen LogP contribution in [0, 0.1) is 5.92 Å². The second-order valence-corrected chi connectivity index (χ2v) is 12.8. The molecule has 2 aromatic carbocycles. The first kappa shape index (κ1) is 41.2. The number of hydrogen-bond acceptors (Lipinski definition) is 7. The Bertz CT molecular complexity index is 1340. The lowest BCUT2D eigenvalue weighted by Gasteiger charge is -2.30. The van der Waals surface area contributed by atoms with Crippen molar-refractivity contribution in [2.24, 2.45) is 5.92 Å². The van der Waals surface area contributed by atoms with E-state index in [-0.39, 0.29) is 12.8 Å². The molecule has 1 amide bonds. The van der Waals surface area contributed by atoms with Crippen LogP contribution in [0.25, 0.3) is 11.1 Å². The maximum Gasteiger partial charge on any atom is 0.336 e. The fourth-order valence-corrected chi connectivity index (χ4v) is 5.93. The average Bonchev–Trinajstić information content (AvgIpc) is 3.10. The van der Waals surface area contributed by atoms with E-state index in [1.54, 1.807) is 20.1 Å². The van der Waals surface area contributed by atoms with Gasteiger partial charge in [-0.05, 0) is 60.9 Å². The lowest BCUT2D eigenvalue weighted by Crippen LogP contribution is -2.54. The maximum absolute atomic E-state index is 13.6. The first-order valence-corrected chi connectivity index (χ1v) is 17.8. The third kappa shape index (κ3) is 14.2. The van der Waals surface area contributed by atoms with Gasteiger partial charge in [0.25, 0.3) is 0 Å². The summed E-state index contributed by atoms with van der Waals surface area (Å²) >= 11 is 0. The first-order chi connectivity index (χ1) is 23.6. The summed E-state index contributed by atoms with van der Waals surface area (Å²) in [7, 11) is 2.83. The van der Waals surface area contributed by atoms with E-state index in [9.17, 15) is 29.4 Å². The zero-order valence-corrected chi connectivity index (χ0v) is 29.9. The van der Waals surface area contributed by atoms with Crippen molar-refractivity contribution in [2.75, 3.05) is 14.2 Å². The highest BCUT2D eigenvalue weighted by Crippen LogP contribution is 2.28. The standard InChI is InChI=1S/C40H57NO8/c1-5-7-8-11-14-19-33(42)20-15-12-9-10-13-16-22-35(40(47,27-6-2)39(45)46)37(43)41-36(38(44)49-4)28-30-23-25-31(26-24-30)32-18-17-21-34(29-32)48-3/h16-18,21-26,29,35-36,47H,5-15,19-20,27-28H2,1-4H3,(H,41,43)(H,45,46)/b22-16+/t35-,36+,40+/m1/s1. The molecule has 49 heavy (non-hydrogen) atoms. The van der Waals surface area contributed by atoms with Gasteiger partial charge in [0.15, 0.2) is 5.60 Å². The molecule has 0 spiro atoms. The van der Waals surface area contributed by atoms with Crippen LogP contribution in [0.15, 0.2) is 60.7 Å². The van der Waals surface area contributed by atoms with E-state index in [2.05, 4.69) is 12.2 Å². The number of ketones is 1. The van der Waals surface area contributed by atoms with Crippen LogP contribution in [-0.2, 0) is 30.3 Å². The molecule has 0 radical (unpaired) electrons. The number of carboxylic acid groups (broad SMARTS) is 1. The summed E-state index contributed by atoms with van der Waals surface area (Å²) in [5.74, 6) is -3.33. The fourth-order valence-electron chi connectivity index (χ4n) is 5.93. The van der Waals surface area contributed by atoms with Crippen LogP contribution in [0.4, 0.5) is 0 Å². The fraction of sp³-hybridized carbons (Fsp3) is 0.550. The number of carbonyl (C=O) groups excluding carboxylic acids is 3. The number of carboxylic acids is 1. The summed E-state index contributed by atoms with van der Waals surface area (Å²) in [6.45, 7) is 3.91. The quantitative estimate of drug-likeness (QED) is 0.0553. The average molecular weight is 680 g/mol. The van der Waals surface area contributed by atoms with E-state index in [4.69, 9.17) is 9.47 Å². The molecule has 0 saturated carbocycles. The third-order valence-electron chi connectivity index (χ3n) is 8.86. The minimum atomic E-state index is -2.36. The molecule has 0 fully saturated rings. The number of benzene rings is 2. The predicted molar refractivity (Wildman–Crippen MR) is 192 cm³/mol. The predicted octanol–water partition coefficient (Wildman–Crippen LogP) is 7.62. The second kappa shape index (κ2) is 22.6. The number of carbonyl (C=O) groups is 4. The van der Waals surface area contributed by atoms with E-state index in [0.29, 0.717) is 31.5 Å².